The van der Waals surface area contributed by atoms with Gasteiger partial charge in [0.2, 0.25) is 11.8 Å². The Morgan fingerprint density at radius 1 is 1.24 bits per heavy atom. The molecule has 1 aromatic carbocycles. The van der Waals surface area contributed by atoms with E-state index in [0.717, 1.165) is 0 Å². The molecular weight excluding hydrogens is 284 g/mol. The molecule has 1 N–H and O–H groups in total. The molecule has 112 valence electrons. The number of hydrogen-bond acceptors (Lipinski definition) is 6. The van der Waals surface area contributed by atoms with Gasteiger partial charge in [0.25, 0.3) is 0 Å². The van der Waals surface area contributed by atoms with Crippen LogP contribution < -0.4 is 14.8 Å². The molecule has 2 heterocycles. The van der Waals surface area contributed by atoms with E-state index in [2.05, 4.69) is 25.0 Å². The molecule has 1 aliphatic rings. The van der Waals surface area contributed by atoms with Gasteiger partial charge < -0.3 is 19.2 Å². The van der Waals surface area contributed by atoms with Gasteiger partial charge in [-0.3, -0.25) is 0 Å². The van der Waals surface area contributed by atoms with Gasteiger partial charge in [0.15, 0.2) is 11.5 Å². The molecule has 2 aromatic rings. The number of aromatic nitrogens is 2. The zero-order chi connectivity index (χ0) is 15.0. The second kappa shape index (κ2) is 4.87. The summed E-state index contributed by atoms with van der Waals surface area (Å²) in [6.45, 7) is 3.74. The monoisotopic (exact) mass is 297 g/mol. The van der Waals surface area contributed by atoms with Crippen LogP contribution in [0, 0.1) is 0 Å². The molecule has 1 aromatic heterocycles. The second-order valence-corrected chi connectivity index (χ2v) is 4.58. The lowest BCUT2D eigenvalue weighted by atomic mass is 10.2. The van der Waals surface area contributed by atoms with Crippen LogP contribution in [0.1, 0.15) is 31.7 Å². The van der Waals surface area contributed by atoms with Crippen LogP contribution in [0.2, 0.25) is 0 Å². The maximum absolute atomic E-state index is 12.9. The van der Waals surface area contributed by atoms with E-state index in [1.165, 1.54) is 12.1 Å². The smallest absolute Gasteiger partial charge is 0.423 e. The largest absolute Gasteiger partial charge is 0.586 e. The van der Waals surface area contributed by atoms with E-state index in [9.17, 15) is 8.78 Å². The Hall–Kier alpha value is -2.38. The summed E-state index contributed by atoms with van der Waals surface area (Å²) in [5, 5.41) is 10.9. The van der Waals surface area contributed by atoms with Crippen LogP contribution in [0.4, 0.5) is 14.5 Å². The van der Waals surface area contributed by atoms with Crippen molar-refractivity contribution in [3.63, 3.8) is 0 Å². The van der Waals surface area contributed by atoms with E-state index < -0.39 is 6.29 Å². The average molecular weight is 297 g/mol. The van der Waals surface area contributed by atoms with Crippen molar-refractivity contribution < 1.29 is 22.7 Å². The van der Waals surface area contributed by atoms with Crippen LogP contribution >= 0.6 is 0 Å². The quantitative estimate of drug-likeness (QED) is 0.935. The first-order chi connectivity index (χ1) is 9.97. The summed E-state index contributed by atoms with van der Waals surface area (Å²) in [5.41, 5.74) is 0.582. The molecule has 0 amide bonds. The third-order valence-electron chi connectivity index (χ3n) is 2.94. The van der Waals surface area contributed by atoms with Crippen molar-refractivity contribution in [1.82, 2.24) is 10.2 Å². The number of fused-ring (bicyclic) bond motifs is 1. The van der Waals surface area contributed by atoms with Crippen LogP contribution in [-0.2, 0) is 6.42 Å². The highest BCUT2D eigenvalue weighted by Crippen LogP contribution is 2.42. The lowest BCUT2D eigenvalue weighted by Gasteiger charge is -2.11. The van der Waals surface area contributed by atoms with Crippen molar-refractivity contribution in [2.45, 2.75) is 32.6 Å². The third kappa shape index (κ3) is 2.74. The van der Waals surface area contributed by atoms with Gasteiger partial charge >= 0.3 is 6.29 Å². The topological polar surface area (TPSA) is 69.4 Å². The summed E-state index contributed by atoms with van der Waals surface area (Å²) in [6, 6.07) is 4.19. The lowest BCUT2D eigenvalue weighted by molar-refractivity contribution is -0.286. The fourth-order valence-corrected chi connectivity index (χ4v) is 1.93. The molecule has 1 atom stereocenters. The van der Waals surface area contributed by atoms with Crippen LogP contribution in [0.25, 0.3) is 0 Å². The number of hydrogen-bond donors (Lipinski definition) is 1. The highest BCUT2D eigenvalue weighted by molar-refractivity contribution is 5.56. The molecule has 0 saturated carbocycles. The minimum Gasteiger partial charge on any atom is -0.423 e. The van der Waals surface area contributed by atoms with Gasteiger partial charge in [0.05, 0.1) is 0 Å². The van der Waals surface area contributed by atoms with Gasteiger partial charge in [-0.15, -0.1) is 19.0 Å². The molecule has 8 heteroatoms. The fraction of sp³-hybridized carbons (Fsp3) is 0.385. The first kappa shape index (κ1) is 13.6. The summed E-state index contributed by atoms with van der Waals surface area (Å²) < 4.78 is 40.0. The standard InChI is InChI=1S/C13H13F2N3O3/c1-3-11-17-18-12(19-11)7(2)16-8-4-5-9-10(6-8)21-13(14,15)20-9/h4-7,16H,3H2,1-2H3. The van der Waals surface area contributed by atoms with Crippen molar-refractivity contribution in [2.24, 2.45) is 0 Å². The predicted molar refractivity (Wildman–Crippen MR) is 68.4 cm³/mol. The van der Waals surface area contributed by atoms with Gasteiger partial charge in [0, 0.05) is 18.2 Å². The van der Waals surface area contributed by atoms with Gasteiger partial charge in [-0.2, -0.15) is 0 Å². The Bertz CT molecular complexity index is 660. The first-order valence-electron chi connectivity index (χ1n) is 6.45. The van der Waals surface area contributed by atoms with Crippen molar-refractivity contribution in [2.75, 3.05) is 5.32 Å². The molecule has 0 fully saturated rings. The SMILES string of the molecule is CCc1nnc(C(C)Nc2ccc3c(c2)OC(F)(F)O3)o1. The van der Waals surface area contributed by atoms with Crippen LogP contribution in [-0.4, -0.2) is 16.5 Å². The Morgan fingerprint density at radius 2 is 2.00 bits per heavy atom. The molecule has 1 aliphatic heterocycles. The summed E-state index contributed by atoms with van der Waals surface area (Å²) in [5.74, 6) is 0.958. The van der Waals surface area contributed by atoms with Crippen LogP contribution in [0.5, 0.6) is 11.5 Å². The number of aryl methyl sites for hydroxylation is 1. The average Bonchev–Trinajstić information content (AvgIpc) is 3.00. The Morgan fingerprint density at radius 3 is 2.71 bits per heavy atom. The number of alkyl halides is 2. The second-order valence-electron chi connectivity index (χ2n) is 4.58. The number of anilines is 1. The molecule has 0 saturated heterocycles. The first-order valence-corrected chi connectivity index (χ1v) is 6.45. The third-order valence-corrected chi connectivity index (χ3v) is 2.94. The zero-order valence-electron chi connectivity index (χ0n) is 11.4. The number of ether oxygens (including phenoxy) is 2. The van der Waals surface area contributed by atoms with Crippen LogP contribution in [0.3, 0.4) is 0 Å². The van der Waals surface area contributed by atoms with Crippen molar-refractivity contribution >= 4 is 5.69 Å². The summed E-state index contributed by atoms with van der Waals surface area (Å²) >= 11 is 0. The van der Waals surface area contributed by atoms with E-state index >= 15 is 0 Å². The minimum absolute atomic E-state index is 0.00395. The summed E-state index contributed by atoms with van der Waals surface area (Å²) in [4.78, 5) is 0. The zero-order valence-corrected chi connectivity index (χ0v) is 11.4. The van der Waals surface area contributed by atoms with E-state index in [1.54, 1.807) is 6.07 Å². The molecule has 3 rings (SSSR count). The molecule has 0 spiro atoms. The maximum Gasteiger partial charge on any atom is 0.586 e. The molecule has 6 nitrogen and oxygen atoms in total. The summed E-state index contributed by atoms with van der Waals surface area (Å²) in [7, 11) is 0. The highest BCUT2D eigenvalue weighted by atomic mass is 19.3. The summed E-state index contributed by atoms with van der Waals surface area (Å²) in [6.07, 6.45) is -2.96. The van der Waals surface area contributed by atoms with Gasteiger partial charge in [-0.05, 0) is 19.1 Å². The Kier molecular flexibility index (Phi) is 3.15. The van der Waals surface area contributed by atoms with Crippen molar-refractivity contribution in [1.29, 1.82) is 0 Å². The molecule has 21 heavy (non-hydrogen) atoms. The van der Waals surface area contributed by atoms with Crippen LogP contribution in [0.15, 0.2) is 22.6 Å². The van der Waals surface area contributed by atoms with E-state index in [-0.39, 0.29) is 17.5 Å². The predicted octanol–water partition coefficient (Wildman–Crippen LogP) is 3.13. The molecule has 0 bridgehead atoms. The Balaban J connectivity index is 1.74. The van der Waals surface area contributed by atoms with Gasteiger partial charge in [-0.25, -0.2) is 0 Å². The van der Waals surface area contributed by atoms with Gasteiger partial charge in [-0.1, -0.05) is 6.92 Å². The van der Waals surface area contributed by atoms with E-state index in [1.807, 2.05) is 13.8 Å². The normalized spacial score (nSPS) is 16.8. The van der Waals surface area contributed by atoms with Crippen molar-refractivity contribution in [3.8, 4) is 11.5 Å². The molecular formula is C13H13F2N3O3. The number of nitrogens with one attached hydrogen (secondary N) is 1. The van der Waals surface area contributed by atoms with E-state index in [4.69, 9.17) is 4.42 Å². The highest BCUT2D eigenvalue weighted by Gasteiger charge is 2.43. The number of rotatable bonds is 4. The van der Waals surface area contributed by atoms with Crippen molar-refractivity contribution in [3.05, 3.63) is 30.0 Å². The number of benzene rings is 1. The van der Waals surface area contributed by atoms with E-state index in [0.29, 0.717) is 23.9 Å². The Labute approximate surface area is 119 Å². The fourth-order valence-electron chi connectivity index (χ4n) is 1.93. The minimum atomic E-state index is -3.62. The number of halogens is 2. The molecule has 0 aliphatic carbocycles. The van der Waals surface area contributed by atoms with Gasteiger partial charge in [0.1, 0.15) is 6.04 Å². The number of nitrogens with zero attached hydrogens (tertiary/aromatic N) is 2. The molecule has 1 unspecified atom stereocenters. The lowest BCUT2D eigenvalue weighted by Crippen LogP contribution is -2.25. The maximum atomic E-state index is 12.9. The molecule has 0 radical (unpaired) electrons.